The van der Waals surface area contributed by atoms with Gasteiger partial charge in [0, 0.05) is 5.56 Å². The number of sulfonamides is 1. The Morgan fingerprint density at radius 3 is 2.55 bits per heavy atom. The number of hydrogen-bond acceptors (Lipinski definition) is 4. The van der Waals surface area contributed by atoms with Crippen molar-refractivity contribution < 1.29 is 17.9 Å². The van der Waals surface area contributed by atoms with Crippen molar-refractivity contribution in [1.82, 2.24) is 4.72 Å². The molecule has 0 aromatic heterocycles. The average molecular weight is 319 g/mol. The molecule has 5 nitrogen and oxygen atoms in total. The lowest BCUT2D eigenvalue weighted by atomic mass is 10.2. The van der Waals surface area contributed by atoms with Crippen molar-refractivity contribution in [2.24, 2.45) is 0 Å². The summed E-state index contributed by atoms with van der Waals surface area (Å²) in [4.78, 5) is 12.2. The highest BCUT2D eigenvalue weighted by atomic mass is 32.2. The number of rotatable bonds is 5. The van der Waals surface area contributed by atoms with E-state index in [1.807, 2.05) is 6.92 Å². The summed E-state index contributed by atoms with van der Waals surface area (Å²) in [5.74, 6) is -0.173. The lowest BCUT2D eigenvalue weighted by Crippen LogP contribution is -2.31. The van der Waals surface area contributed by atoms with E-state index in [0.717, 1.165) is 0 Å². The van der Waals surface area contributed by atoms with Crippen molar-refractivity contribution >= 4 is 15.9 Å². The summed E-state index contributed by atoms with van der Waals surface area (Å²) >= 11 is 0. The van der Waals surface area contributed by atoms with E-state index in [-0.39, 0.29) is 10.5 Å². The fourth-order valence-electron chi connectivity index (χ4n) is 1.99. The van der Waals surface area contributed by atoms with Crippen LogP contribution in [0.3, 0.4) is 0 Å². The molecular weight excluding hydrogens is 302 g/mol. The summed E-state index contributed by atoms with van der Waals surface area (Å²) in [6.07, 6.45) is 0. The number of nitrogens with one attached hydrogen (secondary N) is 1. The standard InChI is InChI=1S/C16H17NO4S/c1-3-21-14-9-6-8-13(11-14)16(18)17-22(19,20)15-10-5-4-7-12(15)2/h4-11H,3H2,1-2H3,(H,17,18). The number of hydrogen-bond donors (Lipinski definition) is 1. The molecule has 0 aliphatic rings. The minimum atomic E-state index is -3.90. The van der Waals surface area contributed by atoms with Crippen molar-refractivity contribution in [3.63, 3.8) is 0 Å². The fourth-order valence-corrected chi connectivity index (χ4v) is 3.21. The molecule has 0 aliphatic carbocycles. The number of benzene rings is 2. The van der Waals surface area contributed by atoms with Crippen LogP contribution in [0.2, 0.25) is 0 Å². The first-order valence-corrected chi connectivity index (χ1v) is 8.28. The molecule has 0 aliphatic heterocycles. The quantitative estimate of drug-likeness (QED) is 0.919. The molecular formula is C16H17NO4S. The Kier molecular flexibility index (Phi) is 4.82. The van der Waals surface area contributed by atoms with Crippen LogP contribution in [0.15, 0.2) is 53.4 Å². The highest BCUT2D eigenvalue weighted by Gasteiger charge is 2.20. The Hall–Kier alpha value is -2.34. The maximum absolute atomic E-state index is 12.3. The van der Waals surface area contributed by atoms with Gasteiger partial charge >= 0.3 is 0 Å². The van der Waals surface area contributed by atoms with Gasteiger partial charge in [-0.3, -0.25) is 4.79 Å². The minimum absolute atomic E-state index is 0.0873. The van der Waals surface area contributed by atoms with Crippen molar-refractivity contribution in [3.8, 4) is 5.75 Å². The maximum atomic E-state index is 12.3. The third-order valence-corrected chi connectivity index (χ3v) is 4.51. The van der Waals surface area contributed by atoms with Gasteiger partial charge in [-0.05, 0) is 43.7 Å². The van der Waals surface area contributed by atoms with E-state index in [1.165, 1.54) is 18.2 Å². The molecule has 2 rings (SSSR count). The third-order valence-electron chi connectivity index (χ3n) is 3.02. The molecule has 0 heterocycles. The van der Waals surface area contributed by atoms with E-state index in [1.54, 1.807) is 37.3 Å². The van der Waals surface area contributed by atoms with E-state index < -0.39 is 15.9 Å². The van der Waals surface area contributed by atoms with Gasteiger partial charge in [-0.25, -0.2) is 13.1 Å². The second kappa shape index (κ2) is 6.62. The molecule has 2 aromatic carbocycles. The molecule has 0 fully saturated rings. The molecule has 0 saturated heterocycles. The molecule has 2 aromatic rings. The fraction of sp³-hybridized carbons (Fsp3) is 0.188. The number of carbonyl (C=O) groups excluding carboxylic acids is 1. The molecule has 116 valence electrons. The monoisotopic (exact) mass is 319 g/mol. The molecule has 0 unspecified atom stereocenters. The Morgan fingerprint density at radius 2 is 1.86 bits per heavy atom. The molecule has 0 bridgehead atoms. The second-order valence-electron chi connectivity index (χ2n) is 4.66. The first-order chi connectivity index (χ1) is 10.4. The first-order valence-electron chi connectivity index (χ1n) is 6.79. The second-order valence-corrected chi connectivity index (χ2v) is 6.31. The van der Waals surface area contributed by atoms with Crippen molar-refractivity contribution in [3.05, 3.63) is 59.7 Å². The third kappa shape index (κ3) is 3.65. The van der Waals surface area contributed by atoms with Crippen molar-refractivity contribution in [2.45, 2.75) is 18.7 Å². The van der Waals surface area contributed by atoms with Gasteiger partial charge in [0.05, 0.1) is 11.5 Å². The van der Waals surface area contributed by atoms with Gasteiger partial charge in [0.1, 0.15) is 5.75 Å². The van der Waals surface area contributed by atoms with Gasteiger partial charge in [-0.2, -0.15) is 0 Å². The normalized spacial score (nSPS) is 11.0. The van der Waals surface area contributed by atoms with Gasteiger partial charge in [-0.1, -0.05) is 24.3 Å². The van der Waals surface area contributed by atoms with Crippen LogP contribution in [0, 0.1) is 6.92 Å². The van der Waals surface area contributed by atoms with Crippen molar-refractivity contribution in [1.29, 1.82) is 0 Å². The lowest BCUT2D eigenvalue weighted by molar-refractivity contribution is 0.0981. The average Bonchev–Trinajstić information content (AvgIpc) is 2.47. The maximum Gasteiger partial charge on any atom is 0.265 e. The Labute approximate surface area is 130 Å². The smallest absolute Gasteiger partial charge is 0.265 e. The van der Waals surface area contributed by atoms with Crippen molar-refractivity contribution in [2.75, 3.05) is 6.61 Å². The SMILES string of the molecule is CCOc1cccc(C(=O)NS(=O)(=O)c2ccccc2C)c1. The lowest BCUT2D eigenvalue weighted by Gasteiger charge is -2.10. The van der Waals surface area contributed by atoms with Crippen LogP contribution in [0.4, 0.5) is 0 Å². The summed E-state index contributed by atoms with van der Waals surface area (Å²) in [5, 5.41) is 0. The van der Waals surface area contributed by atoms with Crippen LogP contribution in [-0.2, 0) is 10.0 Å². The first kappa shape index (κ1) is 16.0. The number of ether oxygens (including phenoxy) is 1. The van der Waals surface area contributed by atoms with E-state index in [4.69, 9.17) is 4.74 Å². The molecule has 6 heteroatoms. The largest absolute Gasteiger partial charge is 0.494 e. The van der Waals surface area contributed by atoms with E-state index in [0.29, 0.717) is 17.9 Å². The summed E-state index contributed by atoms with van der Waals surface area (Å²) in [7, 11) is -3.90. The zero-order valence-corrected chi connectivity index (χ0v) is 13.2. The Balaban J connectivity index is 2.25. The van der Waals surface area contributed by atoms with Crippen LogP contribution in [0.5, 0.6) is 5.75 Å². The molecule has 1 amide bonds. The predicted molar refractivity (Wildman–Crippen MR) is 83.4 cm³/mol. The molecule has 1 N–H and O–H groups in total. The zero-order valence-electron chi connectivity index (χ0n) is 12.4. The minimum Gasteiger partial charge on any atom is -0.494 e. The predicted octanol–water partition coefficient (Wildman–Crippen LogP) is 2.51. The van der Waals surface area contributed by atoms with Crippen LogP contribution < -0.4 is 9.46 Å². The molecule has 0 atom stereocenters. The summed E-state index contributed by atoms with van der Waals surface area (Å²) < 4.78 is 31.9. The molecule has 0 saturated carbocycles. The summed E-state index contributed by atoms with van der Waals surface area (Å²) in [5.41, 5.74) is 0.800. The number of carbonyl (C=O) groups is 1. The zero-order chi connectivity index (χ0) is 16.2. The van der Waals surface area contributed by atoms with Gasteiger partial charge in [0.2, 0.25) is 0 Å². The highest BCUT2D eigenvalue weighted by molar-refractivity contribution is 7.90. The topological polar surface area (TPSA) is 72.5 Å². The van der Waals surface area contributed by atoms with Crippen LogP contribution in [-0.4, -0.2) is 20.9 Å². The Morgan fingerprint density at radius 1 is 1.14 bits per heavy atom. The molecule has 22 heavy (non-hydrogen) atoms. The Bertz CT molecular complexity index is 784. The summed E-state index contributed by atoms with van der Waals surface area (Å²) in [6, 6.07) is 12.9. The number of amides is 1. The van der Waals surface area contributed by atoms with Crippen LogP contribution in [0.25, 0.3) is 0 Å². The van der Waals surface area contributed by atoms with Gasteiger partial charge in [-0.15, -0.1) is 0 Å². The van der Waals surface area contributed by atoms with Gasteiger partial charge in [0.25, 0.3) is 15.9 Å². The van der Waals surface area contributed by atoms with E-state index >= 15 is 0 Å². The summed E-state index contributed by atoms with van der Waals surface area (Å²) in [6.45, 7) is 3.97. The molecule has 0 spiro atoms. The highest BCUT2D eigenvalue weighted by Crippen LogP contribution is 2.16. The van der Waals surface area contributed by atoms with Crippen LogP contribution >= 0.6 is 0 Å². The van der Waals surface area contributed by atoms with E-state index in [2.05, 4.69) is 4.72 Å². The molecule has 0 radical (unpaired) electrons. The van der Waals surface area contributed by atoms with E-state index in [9.17, 15) is 13.2 Å². The van der Waals surface area contributed by atoms with Crippen LogP contribution in [0.1, 0.15) is 22.8 Å². The number of aryl methyl sites for hydroxylation is 1. The van der Waals surface area contributed by atoms with Gasteiger partial charge < -0.3 is 4.74 Å². The van der Waals surface area contributed by atoms with Gasteiger partial charge in [0.15, 0.2) is 0 Å².